The zero-order valence-electron chi connectivity index (χ0n) is 10.6. The third-order valence-corrected chi connectivity index (χ3v) is 2.94. The molecule has 18 heavy (non-hydrogen) atoms. The number of rotatable bonds is 2. The number of carbonyl (C=O) groups is 2. The van der Waals surface area contributed by atoms with E-state index in [2.05, 4.69) is 9.97 Å². The average molecular weight is 248 g/mol. The summed E-state index contributed by atoms with van der Waals surface area (Å²) < 4.78 is 0. The summed E-state index contributed by atoms with van der Waals surface area (Å²) in [6.45, 7) is 5.89. The standard InChI is InChI=1S/C12H16N4O2/c1-9-7-11(14-10(2)13-9)12(18)16-5-3-15(8-17)4-6-16/h7-8H,3-6H2,1-2H3. The van der Waals surface area contributed by atoms with Gasteiger partial charge in [-0.05, 0) is 19.9 Å². The summed E-state index contributed by atoms with van der Waals surface area (Å²) in [4.78, 5) is 34.5. The first-order valence-corrected chi connectivity index (χ1v) is 5.91. The maximum atomic E-state index is 12.2. The Morgan fingerprint density at radius 2 is 1.89 bits per heavy atom. The van der Waals surface area contributed by atoms with Gasteiger partial charge in [-0.25, -0.2) is 9.97 Å². The SMILES string of the molecule is Cc1cc(C(=O)N2CCN(C=O)CC2)nc(C)n1. The minimum Gasteiger partial charge on any atom is -0.342 e. The van der Waals surface area contributed by atoms with Crippen molar-refractivity contribution >= 4 is 12.3 Å². The van der Waals surface area contributed by atoms with E-state index in [1.54, 1.807) is 22.8 Å². The highest BCUT2D eigenvalue weighted by molar-refractivity contribution is 5.92. The highest BCUT2D eigenvalue weighted by Gasteiger charge is 2.22. The molecular weight excluding hydrogens is 232 g/mol. The van der Waals surface area contributed by atoms with Gasteiger partial charge in [-0.15, -0.1) is 0 Å². The van der Waals surface area contributed by atoms with Gasteiger partial charge >= 0.3 is 0 Å². The molecule has 0 spiro atoms. The first kappa shape index (κ1) is 12.5. The number of carbonyl (C=O) groups excluding carboxylic acids is 2. The van der Waals surface area contributed by atoms with Crippen LogP contribution in [0.2, 0.25) is 0 Å². The smallest absolute Gasteiger partial charge is 0.272 e. The summed E-state index contributed by atoms with van der Waals surface area (Å²) in [6.07, 6.45) is 0.820. The van der Waals surface area contributed by atoms with Crippen LogP contribution in [0.1, 0.15) is 22.0 Å². The molecule has 0 bridgehead atoms. The van der Waals surface area contributed by atoms with Crippen molar-refractivity contribution in [2.24, 2.45) is 0 Å². The second kappa shape index (κ2) is 5.12. The van der Waals surface area contributed by atoms with Crippen molar-refractivity contribution < 1.29 is 9.59 Å². The summed E-state index contributed by atoms with van der Waals surface area (Å²) in [5.74, 6) is 0.513. The summed E-state index contributed by atoms with van der Waals surface area (Å²) in [7, 11) is 0. The lowest BCUT2D eigenvalue weighted by atomic mass is 10.2. The van der Waals surface area contributed by atoms with Gasteiger partial charge in [0.15, 0.2) is 0 Å². The van der Waals surface area contributed by atoms with Gasteiger partial charge in [-0.3, -0.25) is 9.59 Å². The van der Waals surface area contributed by atoms with E-state index in [1.807, 2.05) is 6.92 Å². The number of nitrogens with zero attached hydrogens (tertiary/aromatic N) is 4. The lowest BCUT2D eigenvalue weighted by Gasteiger charge is -2.32. The topological polar surface area (TPSA) is 66.4 Å². The monoisotopic (exact) mass is 248 g/mol. The van der Waals surface area contributed by atoms with Crippen molar-refractivity contribution in [1.29, 1.82) is 0 Å². The normalized spacial score (nSPS) is 15.7. The fourth-order valence-electron chi connectivity index (χ4n) is 2.02. The van der Waals surface area contributed by atoms with E-state index in [4.69, 9.17) is 0 Å². The van der Waals surface area contributed by atoms with Crippen LogP contribution < -0.4 is 0 Å². The van der Waals surface area contributed by atoms with Crippen molar-refractivity contribution in [1.82, 2.24) is 19.8 Å². The first-order chi connectivity index (χ1) is 8.60. The Kier molecular flexibility index (Phi) is 3.55. The molecule has 0 aliphatic carbocycles. The van der Waals surface area contributed by atoms with Crippen molar-refractivity contribution in [3.05, 3.63) is 23.3 Å². The van der Waals surface area contributed by atoms with E-state index < -0.39 is 0 Å². The first-order valence-electron chi connectivity index (χ1n) is 5.91. The minimum atomic E-state index is -0.0888. The highest BCUT2D eigenvalue weighted by atomic mass is 16.2. The third-order valence-electron chi connectivity index (χ3n) is 2.94. The Hall–Kier alpha value is -1.98. The van der Waals surface area contributed by atoms with Gasteiger partial charge in [0.1, 0.15) is 11.5 Å². The molecule has 2 amide bonds. The fourth-order valence-corrected chi connectivity index (χ4v) is 2.02. The van der Waals surface area contributed by atoms with Crippen LogP contribution in [0.4, 0.5) is 0 Å². The Labute approximate surface area is 106 Å². The van der Waals surface area contributed by atoms with Crippen molar-refractivity contribution in [3.8, 4) is 0 Å². The highest BCUT2D eigenvalue weighted by Crippen LogP contribution is 2.07. The fraction of sp³-hybridized carbons (Fsp3) is 0.500. The van der Waals surface area contributed by atoms with Crippen LogP contribution in [0, 0.1) is 13.8 Å². The quantitative estimate of drug-likeness (QED) is 0.691. The summed E-state index contributed by atoms with van der Waals surface area (Å²) in [6, 6.07) is 1.70. The molecule has 6 nitrogen and oxygen atoms in total. The zero-order valence-corrected chi connectivity index (χ0v) is 10.6. The van der Waals surface area contributed by atoms with Crippen molar-refractivity contribution in [3.63, 3.8) is 0 Å². The Bertz CT molecular complexity index is 447. The van der Waals surface area contributed by atoms with Crippen LogP contribution in [0.3, 0.4) is 0 Å². The Balaban J connectivity index is 2.10. The molecule has 0 unspecified atom stereocenters. The average Bonchev–Trinajstić information content (AvgIpc) is 2.37. The van der Waals surface area contributed by atoms with E-state index in [0.717, 1.165) is 12.1 Å². The van der Waals surface area contributed by atoms with Gasteiger partial charge in [0.05, 0.1) is 0 Å². The van der Waals surface area contributed by atoms with Crippen LogP contribution in [0.5, 0.6) is 0 Å². The van der Waals surface area contributed by atoms with Gasteiger partial charge in [0.2, 0.25) is 6.41 Å². The predicted molar refractivity (Wildman–Crippen MR) is 65.0 cm³/mol. The predicted octanol–water partition coefficient (Wildman–Crippen LogP) is 0.00764. The lowest BCUT2D eigenvalue weighted by Crippen LogP contribution is -2.48. The molecule has 1 aromatic rings. The molecule has 1 aliphatic heterocycles. The zero-order chi connectivity index (χ0) is 13.1. The van der Waals surface area contributed by atoms with Gasteiger partial charge in [0, 0.05) is 31.9 Å². The van der Waals surface area contributed by atoms with Crippen molar-refractivity contribution in [2.45, 2.75) is 13.8 Å². The Morgan fingerprint density at radius 1 is 1.22 bits per heavy atom. The third kappa shape index (κ3) is 2.64. The molecule has 6 heteroatoms. The lowest BCUT2D eigenvalue weighted by molar-refractivity contribution is -0.119. The molecule has 0 radical (unpaired) electrons. The Morgan fingerprint density at radius 3 is 2.44 bits per heavy atom. The van der Waals surface area contributed by atoms with Crippen molar-refractivity contribution in [2.75, 3.05) is 26.2 Å². The van der Waals surface area contributed by atoms with E-state index in [1.165, 1.54) is 0 Å². The number of aryl methyl sites for hydroxylation is 2. The van der Waals surface area contributed by atoms with Crippen LogP contribution >= 0.6 is 0 Å². The largest absolute Gasteiger partial charge is 0.342 e. The van der Waals surface area contributed by atoms with Gasteiger partial charge in [-0.1, -0.05) is 0 Å². The van der Waals surface area contributed by atoms with E-state index in [-0.39, 0.29) is 5.91 Å². The molecule has 0 atom stereocenters. The van der Waals surface area contributed by atoms with Gasteiger partial charge in [-0.2, -0.15) is 0 Å². The number of aromatic nitrogens is 2. The molecule has 0 N–H and O–H groups in total. The minimum absolute atomic E-state index is 0.0888. The molecular formula is C12H16N4O2. The van der Waals surface area contributed by atoms with E-state index >= 15 is 0 Å². The summed E-state index contributed by atoms with van der Waals surface area (Å²) in [5, 5.41) is 0. The molecule has 2 heterocycles. The van der Waals surface area contributed by atoms with Gasteiger partial charge < -0.3 is 9.80 Å². The number of piperazine rings is 1. The van der Waals surface area contributed by atoms with Crippen LogP contribution in [0.15, 0.2) is 6.07 Å². The van der Waals surface area contributed by atoms with E-state index in [9.17, 15) is 9.59 Å². The molecule has 96 valence electrons. The molecule has 0 saturated carbocycles. The maximum absolute atomic E-state index is 12.2. The second-order valence-electron chi connectivity index (χ2n) is 4.38. The molecule has 0 aromatic carbocycles. The summed E-state index contributed by atoms with van der Waals surface area (Å²) >= 11 is 0. The second-order valence-corrected chi connectivity index (χ2v) is 4.38. The maximum Gasteiger partial charge on any atom is 0.272 e. The molecule has 2 rings (SSSR count). The van der Waals surface area contributed by atoms with Gasteiger partial charge in [0.25, 0.3) is 5.91 Å². The number of hydrogen-bond donors (Lipinski definition) is 0. The number of amides is 2. The summed E-state index contributed by atoms with van der Waals surface area (Å²) in [5.41, 5.74) is 1.22. The molecule has 1 saturated heterocycles. The van der Waals surface area contributed by atoms with E-state index in [0.29, 0.717) is 37.7 Å². The molecule has 1 aliphatic rings. The molecule has 1 fully saturated rings. The molecule has 1 aromatic heterocycles. The van der Waals surface area contributed by atoms with Crippen LogP contribution in [-0.4, -0.2) is 58.3 Å². The number of hydrogen-bond acceptors (Lipinski definition) is 4. The van der Waals surface area contributed by atoms with Crippen LogP contribution in [-0.2, 0) is 4.79 Å². The van der Waals surface area contributed by atoms with Crippen LogP contribution in [0.25, 0.3) is 0 Å².